The van der Waals surface area contributed by atoms with Crippen LogP contribution in [0.15, 0.2) is 85.1 Å². The lowest BCUT2D eigenvalue weighted by Gasteiger charge is -2.42. The van der Waals surface area contributed by atoms with Crippen molar-refractivity contribution in [1.82, 2.24) is 0 Å². The molecule has 3 nitrogen and oxygen atoms in total. The van der Waals surface area contributed by atoms with E-state index in [0.717, 1.165) is 40.5 Å². The van der Waals surface area contributed by atoms with Gasteiger partial charge in [0.05, 0.1) is 12.0 Å². The van der Waals surface area contributed by atoms with E-state index in [-0.39, 0.29) is 5.04 Å². The molecule has 3 aromatic carbocycles. The molecule has 1 aromatic heterocycles. The Hall–Kier alpha value is -3.39. The molecule has 0 aliphatic heterocycles. The topological polar surface area (TPSA) is 36.2 Å². The van der Waals surface area contributed by atoms with Crippen molar-refractivity contribution in [2.45, 2.75) is 51.5 Å². The van der Waals surface area contributed by atoms with Crippen molar-refractivity contribution in [3.05, 3.63) is 107 Å². The Labute approximate surface area is 215 Å². The summed E-state index contributed by atoms with van der Waals surface area (Å²) in [5.41, 5.74) is 4.15. The molecule has 0 bridgehead atoms. The number of hydrogen-bond donors (Lipinski definition) is 0. The van der Waals surface area contributed by atoms with Crippen LogP contribution in [-0.4, -0.2) is 14.9 Å². The van der Waals surface area contributed by atoms with Gasteiger partial charge in [-0.2, -0.15) is 4.73 Å². The number of nitrogens with zero attached hydrogens (tertiary/aromatic N) is 1. The number of aromatic nitrogens is 1. The van der Waals surface area contributed by atoms with E-state index in [9.17, 15) is 5.21 Å². The van der Waals surface area contributed by atoms with E-state index < -0.39 is 8.32 Å². The quantitative estimate of drug-likeness (QED) is 0.169. The van der Waals surface area contributed by atoms with Crippen LogP contribution in [0.25, 0.3) is 10.9 Å². The monoisotopic (exact) mass is 491 g/mol. The normalized spacial score (nSPS) is 13.6. The Morgan fingerprint density at radius 2 is 1.53 bits per heavy atom. The molecular formula is C32H33NO2Si. The van der Waals surface area contributed by atoms with Gasteiger partial charge in [-0.15, -0.1) is 0 Å². The third kappa shape index (κ3) is 4.45. The highest BCUT2D eigenvalue weighted by atomic mass is 28.4. The molecule has 1 aliphatic rings. The summed E-state index contributed by atoms with van der Waals surface area (Å²) in [7, 11) is -2.61. The van der Waals surface area contributed by atoms with Crippen LogP contribution in [0.4, 0.5) is 0 Å². The molecule has 0 fully saturated rings. The summed E-state index contributed by atoms with van der Waals surface area (Å²) in [6.07, 6.45) is 6.10. The Kier molecular flexibility index (Phi) is 6.70. The van der Waals surface area contributed by atoms with Gasteiger partial charge >= 0.3 is 0 Å². The van der Waals surface area contributed by atoms with Crippen molar-refractivity contribution >= 4 is 29.6 Å². The van der Waals surface area contributed by atoms with Gasteiger partial charge in [0, 0.05) is 17.2 Å². The van der Waals surface area contributed by atoms with Gasteiger partial charge in [0.25, 0.3) is 8.32 Å². The lowest BCUT2D eigenvalue weighted by molar-refractivity contribution is -0.577. The zero-order chi connectivity index (χ0) is 25.2. The maximum Gasteiger partial charge on any atom is 0.262 e. The molecule has 36 heavy (non-hydrogen) atoms. The number of hydrogen-bond acceptors (Lipinski definition) is 2. The van der Waals surface area contributed by atoms with E-state index in [0.29, 0.717) is 6.61 Å². The van der Waals surface area contributed by atoms with Gasteiger partial charge in [-0.25, -0.2) is 0 Å². The molecule has 4 aromatic rings. The Balaban J connectivity index is 1.49. The second kappa shape index (κ2) is 9.93. The van der Waals surface area contributed by atoms with Crippen molar-refractivity contribution in [1.29, 1.82) is 0 Å². The van der Waals surface area contributed by atoms with Crippen molar-refractivity contribution < 1.29 is 9.16 Å². The highest BCUT2D eigenvalue weighted by Gasteiger charge is 2.50. The van der Waals surface area contributed by atoms with E-state index in [1.807, 2.05) is 12.1 Å². The van der Waals surface area contributed by atoms with Crippen molar-refractivity contribution in [3.8, 4) is 11.8 Å². The van der Waals surface area contributed by atoms with Crippen LogP contribution in [0.5, 0.6) is 0 Å². The third-order valence-electron chi connectivity index (χ3n) is 7.35. The fraction of sp³-hybridized carbons (Fsp3) is 0.281. The Morgan fingerprint density at radius 3 is 2.17 bits per heavy atom. The number of benzene rings is 3. The molecule has 1 aliphatic carbocycles. The van der Waals surface area contributed by atoms with Crippen molar-refractivity contribution in [3.63, 3.8) is 0 Å². The van der Waals surface area contributed by atoms with Gasteiger partial charge < -0.3 is 9.63 Å². The van der Waals surface area contributed by atoms with Gasteiger partial charge in [0.1, 0.15) is 0 Å². The highest BCUT2D eigenvalue weighted by Crippen LogP contribution is 2.36. The summed E-state index contributed by atoms with van der Waals surface area (Å²) in [6, 6.07) is 27.2. The van der Waals surface area contributed by atoms with Crippen LogP contribution >= 0.6 is 0 Å². The van der Waals surface area contributed by atoms with Crippen molar-refractivity contribution in [2.24, 2.45) is 0 Å². The predicted molar refractivity (Wildman–Crippen MR) is 150 cm³/mol. The Bertz CT molecular complexity index is 1390. The molecule has 0 saturated carbocycles. The van der Waals surface area contributed by atoms with Crippen LogP contribution in [0.2, 0.25) is 5.04 Å². The summed E-state index contributed by atoms with van der Waals surface area (Å²) >= 11 is 0. The fourth-order valence-electron chi connectivity index (χ4n) is 5.68. The molecule has 0 unspecified atom stereocenters. The van der Waals surface area contributed by atoms with E-state index in [1.165, 1.54) is 27.9 Å². The van der Waals surface area contributed by atoms with Crippen LogP contribution in [0.1, 0.15) is 50.3 Å². The average Bonchev–Trinajstić information content (AvgIpc) is 2.89. The number of aryl methyl sites for hydroxylation is 2. The first-order valence-corrected chi connectivity index (χ1v) is 14.7. The largest absolute Gasteiger partial charge is 0.618 e. The van der Waals surface area contributed by atoms with Gasteiger partial charge in [-0.3, -0.25) is 0 Å². The Morgan fingerprint density at radius 1 is 0.889 bits per heavy atom. The van der Waals surface area contributed by atoms with E-state index >= 15 is 0 Å². The van der Waals surface area contributed by atoms with Crippen LogP contribution in [-0.2, 0) is 17.3 Å². The first kappa shape index (κ1) is 24.3. The predicted octanol–water partition coefficient (Wildman–Crippen LogP) is 5.28. The molecular weight excluding hydrogens is 458 g/mol. The minimum atomic E-state index is -2.61. The molecule has 0 saturated heterocycles. The second-order valence-electron chi connectivity index (χ2n) is 10.7. The fourth-order valence-corrected chi connectivity index (χ4v) is 10.1. The molecule has 0 N–H and O–H groups in total. The first-order valence-electron chi connectivity index (χ1n) is 12.8. The molecule has 182 valence electrons. The number of rotatable bonds is 4. The smallest absolute Gasteiger partial charge is 0.262 e. The molecule has 5 rings (SSSR count). The molecule has 4 heteroatoms. The molecule has 0 radical (unpaired) electrons. The summed E-state index contributed by atoms with van der Waals surface area (Å²) in [6.45, 7) is 7.17. The van der Waals surface area contributed by atoms with Crippen molar-refractivity contribution in [2.75, 3.05) is 6.61 Å². The summed E-state index contributed by atoms with van der Waals surface area (Å²) in [4.78, 5) is 0. The summed E-state index contributed by atoms with van der Waals surface area (Å²) in [5.74, 6) is 6.63. The SMILES string of the molecule is CC(C)(C)[Si](OCC#Cc1ccc2c(c1)c1c(c[n+]2[O-])CCCC1)(c1ccccc1)c1ccccc1. The minimum Gasteiger partial charge on any atom is -0.618 e. The lowest BCUT2D eigenvalue weighted by Crippen LogP contribution is -2.66. The summed E-state index contributed by atoms with van der Waals surface area (Å²) in [5, 5.41) is 16.0. The standard InChI is InChI=1S/C32H33NO2Si/c1-32(2,3)36(27-15-6-4-7-16-27,28-17-8-5-9-18-28)35-22-12-13-25-20-21-31-30(23-25)29-19-11-10-14-26(29)24-33(31)34/h4-9,15-18,20-21,23-24H,10-11,14,19,22H2,1-3H3. The lowest BCUT2D eigenvalue weighted by atomic mass is 9.90. The van der Waals surface area contributed by atoms with Gasteiger partial charge in [-0.1, -0.05) is 93.3 Å². The number of fused-ring (bicyclic) bond motifs is 3. The van der Waals surface area contributed by atoms with Crippen LogP contribution < -0.4 is 15.1 Å². The maximum atomic E-state index is 12.6. The minimum absolute atomic E-state index is 0.0822. The second-order valence-corrected chi connectivity index (χ2v) is 15.0. The van der Waals surface area contributed by atoms with Gasteiger partial charge in [-0.05, 0) is 58.8 Å². The third-order valence-corrected chi connectivity index (χ3v) is 12.3. The first-order chi connectivity index (χ1) is 17.4. The maximum absolute atomic E-state index is 12.6. The van der Waals surface area contributed by atoms with Crippen LogP contribution in [0.3, 0.4) is 0 Å². The zero-order valence-corrected chi connectivity index (χ0v) is 22.4. The molecule has 1 heterocycles. The number of pyridine rings is 1. The summed E-state index contributed by atoms with van der Waals surface area (Å²) < 4.78 is 7.91. The average molecular weight is 492 g/mol. The van der Waals surface area contributed by atoms with Crippen LogP contribution in [0, 0.1) is 17.0 Å². The highest BCUT2D eigenvalue weighted by molar-refractivity contribution is 6.99. The van der Waals surface area contributed by atoms with E-state index in [4.69, 9.17) is 4.43 Å². The van der Waals surface area contributed by atoms with Gasteiger partial charge in [0.2, 0.25) is 5.52 Å². The van der Waals surface area contributed by atoms with Gasteiger partial charge in [0.15, 0.2) is 6.20 Å². The van der Waals surface area contributed by atoms with E-state index in [1.54, 1.807) is 6.20 Å². The van der Waals surface area contributed by atoms with E-state index in [2.05, 4.69) is 99.3 Å². The molecule has 0 atom stereocenters. The zero-order valence-electron chi connectivity index (χ0n) is 21.4. The molecule has 0 spiro atoms. The molecule has 0 amide bonds.